The van der Waals surface area contributed by atoms with Gasteiger partial charge in [-0.05, 0) is 50.6 Å². The van der Waals surface area contributed by atoms with Gasteiger partial charge in [0.1, 0.15) is 27.3 Å². The highest BCUT2D eigenvalue weighted by Crippen LogP contribution is 2.38. The molecule has 0 aliphatic rings. The summed E-state index contributed by atoms with van der Waals surface area (Å²) in [6.07, 6.45) is -3.03. The van der Waals surface area contributed by atoms with E-state index in [-0.39, 0.29) is 4.83 Å². The summed E-state index contributed by atoms with van der Waals surface area (Å²) < 4.78 is 49.6. The average Bonchev–Trinajstić information content (AvgIpc) is 3.52. The molecule has 0 aromatic carbocycles. The second kappa shape index (κ2) is 7.10. The number of rotatable bonds is 3. The lowest BCUT2D eigenvalue weighted by Gasteiger charge is -2.06. The number of alkyl halides is 3. The van der Waals surface area contributed by atoms with Gasteiger partial charge in [-0.25, -0.2) is 19.5 Å². The molecule has 0 bridgehead atoms. The fourth-order valence-electron chi connectivity index (χ4n) is 4.02. The molecule has 6 heterocycles. The molecule has 0 aliphatic carbocycles. The van der Waals surface area contributed by atoms with Gasteiger partial charge in [0, 0.05) is 11.1 Å². The van der Waals surface area contributed by atoms with Crippen LogP contribution in [0.3, 0.4) is 0 Å². The Hall–Kier alpha value is -3.80. The maximum Gasteiger partial charge on any atom is 0.433 e. The Bertz CT molecular complexity index is 1720. The van der Waals surface area contributed by atoms with Crippen molar-refractivity contribution in [2.75, 3.05) is 0 Å². The van der Waals surface area contributed by atoms with Crippen LogP contribution in [0.15, 0.2) is 35.0 Å². The third-order valence-corrected chi connectivity index (χ3v) is 6.61. The van der Waals surface area contributed by atoms with Crippen molar-refractivity contribution in [1.29, 1.82) is 0 Å². The molecule has 6 rings (SSSR count). The standard InChI is InChI=1S/C22H16F3N7OS/c1-10-6-15(22(23,24)25)27-21-16(10)17-18(34-21)20-28-19(30-32(20)9-26-17)14-5-4-13(33-14)8-31-12(3)7-11(2)29-31/h4-7,9H,8H2,1-3H3. The van der Waals surface area contributed by atoms with Crippen LogP contribution in [0.4, 0.5) is 13.2 Å². The van der Waals surface area contributed by atoms with E-state index in [9.17, 15) is 13.2 Å². The zero-order chi connectivity index (χ0) is 23.8. The molecule has 12 heteroatoms. The lowest BCUT2D eigenvalue weighted by atomic mass is 10.1. The van der Waals surface area contributed by atoms with Crippen molar-refractivity contribution in [3.63, 3.8) is 0 Å². The minimum Gasteiger partial charge on any atom is -0.456 e. The van der Waals surface area contributed by atoms with E-state index in [1.165, 1.54) is 10.8 Å². The summed E-state index contributed by atoms with van der Waals surface area (Å²) in [6, 6.07) is 6.66. The maximum atomic E-state index is 13.2. The SMILES string of the molecule is Cc1cc(C)n(Cc2ccc(-c3nc4c5sc6nc(C(F)(F)F)cc(C)c6c5ncn4n3)o2)n1. The summed E-state index contributed by atoms with van der Waals surface area (Å²) in [5.74, 6) is 1.53. The minimum absolute atomic E-state index is 0.262. The van der Waals surface area contributed by atoms with Crippen LogP contribution in [0.25, 0.3) is 37.7 Å². The minimum atomic E-state index is -4.52. The molecule has 0 unspecified atom stereocenters. The molecule has 6 aromatic rings. The molecule has 0 aliphatic heterocycles. The van der Waals surface area contributed by atoms with Crippen molar-refractivity contribution < 1.29 is 17.6 Å². The molecule has 0 amide bonds. The van der Waals surface area contributed by atoms with Gasteiger partial charge >= 0.3 is 6.18 Å². The van der Waals surface area contributed by atoms with Gasteiger partial charge in [-0.3, -0.25) is 4.68 Å². The molecule has 0 N–H and O–H groups in total. The molecule has 8 nitrogen and oxygen atoms in total. The lowest BCUT2D eigenvalue weighted by molar-refractivity contribution is -0.141. The van der Waals surface area contributed by atoms with Crippen LogP contribution in [-0.2, 0) is 12.7 Å². The fourth-order valence-corrected chi connectivity index (χ4v) is 5.20. The highest BCUT2D eigenvalue weighted by molar-refractivity contribution is 7.26. The fraction of sp³-hybridized carbons (Fsp3) is 0.227. The molecule has 0 atom stereocenters. The summed E-state index contributed by atoms with van der Waals surface area (Å²) in [4.78, 5) is 13.1. The Labute approximate surface area is 193 Å². The van der Waals surface area contributed by atoms with Crippen LogP contribution in [0.5, 0.6) is 0 Å². The number of hydrogen-bond donors (Lipinski definition) is 0. The Kier molecular flexibility index (Phi) is 4.34. The zero-order valence-electron chi connectivity index (χ0n) is 18.2. The average molecular weight is 483 g/mol. The number of hydrogen-bond acceptors (Lipinski definition) is 7. The predicted molar refractivity (Wildman–Crippen MR) is 120 cm³/mol. The number of halogens is 3. The highest BCUT2D eigenvalue weighted by atomic mass is 32.1. The van der Waals surface area contributed by atoms with Crippen molar-refractivity contribution in [3.05, 3.63) is 59.0 Å². The normalized spacial score (nSPS) is 12.5. The Morgan fingerprint density at radius 3 is 2.62 bits per heavy atom. The van der Waals surface area contributed by atoms with Crippen LogP contribution in [0.2, 0.25) is 0 Å². The first-order chi connectivity index (χ1) is 16.2. The van der Waals surface area contributed by atoms with E-state index >= 15 is 0 Å². The van der Waals surface area contributed by atoms with Crippen LogP contribution >= 0.6 is 11.3 Å². The van der Waals surface area contributed by atoms with E-state index in [4.69, 9.17) is 4.42 Å². The highest BCUT2D eigenvalue weighted by Gasteiger charge is 2.33. The molecule has 34 heavy (non-hydrogen) atoms. The number of pyridine rings is 1. The topological polar surface area (TPSA) is 86.9 Å². The van der Waals surface area contributed by atoms with Crippen LogP contribution in [0, 0.1) is 20.8 Å². The number of fused-ring (bicyclic) bond motifs is 5. The molecular formula is C22H16F3N7OS. The Morgan fingerprint density at radius 2 is 1.88 bits per heavy atom. The molecule has 0 radical (unpaired) electrons. The summed E-state index contributed by atoms with van der Waals surface area (Å²) in [5, 5.41) is 9.49. The van der Waals surface area contributed by atoms with Gasteiger partial charge in [-0.1, -0.05) is 0 Å². The van der Waals surface area contributed by atoms with Crippen molar-refractivity contribution in [3.8, 4) is 11.6 Å². The van der Waals surface area contributed by atoms with E-state index in [2.05, 4.69) is 25.1 Å². The predicted octanol–water partition coefficient (Wildman–Crippen LogP) is 5.34. The summed E-state index contributed by atoms with van der Waals surface area (Å²) in [7, 11) is 0. The summed E-state index contributed by atoms with van der Waals surface area (Å²) >= 11 is 1.12. The number of nitrogens with zero attached hydrogens (tertiary/aromatic N) is 7. The van der Waals surface area contributed by atoms with Crippen molar-refractivity contribution >= 4 is 37.4 Å². The van der Waals surface area contributed by atoms with Gasteiger partial charge in [0.25, 0.3) is 0 Å². The molecule has 0 fully saturated rings. The van der Waals surface area contributed by atoms with Crippen molar-refractivity contribution in [1.82, 2.24) is 34.3 Å². The third kappa shape index (κ3) is 3.24. The lowest BCUT2D eigenvalue weighted by Crippen LogP contribution is -2.07. The number of furan rings is 1. The first-order valence-electron chi connectivity index (χ1n) is 10.3. The van der Waals surface area contributed by atoms with Gasteiger partial charge in [-0.2, -0.15) is 18.3 Å². The van der Waals surface area contributed by atoms with E-state index in [1.54, 1.807) is 13.0 Å². The van der Waals surface area contributed by atoms with Crippen LogP contribution < -0.4 is 0 Å². The molecule has 0 saturated heterocycles. The van der Waals surface area contributed by atoms with E-state index < -0.39 is 11.9 Å². The quantitative estimate of drug-likeness (QED) is 0.338. The van der Waals surface area contributed by atoms with Gasteiger partial charge in [0.15, 0.2) is 11.4 Å². The Balaban J connectivity index is 1.44. The number of aryl methyl sites for hydroxylation is 3. The van der Waals surface area contributed by atoms with E-state index in [0.717, 1.165) is 28.8 Å². The largest absolute Gasteiger partial charge is 0.456 e. The van der Waals surface area contributed by atoms with Gasteiger partial charge in [0.05, 0.1) is 17.8 Å². The number of aromatic nitrogens is 7. The second-order valence-electron chi connectivity index (χ2n) is 8.08. The summed E-state index contributed by atoms with van der Waals surface area (Å²) in [5.41, 5.74) is 2.52. The van der Waals surface area contributed by atoms with E-state index in [1.807, 2.05) is 30.7 Å². The first-order valence-corrected chi connectivity index (χ1v) is 11.1. The number of thiophene rings is 1. The molecule has 0 spiro atoms. The van der Waals surface area contributed by atoms with Gasteiger partial charge in [-0.15, -0.1) is 16.4 Å². The molecule has 172 valence electrons. The van der Waals surface area contributed by atoms with Crippen molar-refractivity contribution in [2.24, 2.45) is 0 Å². The Morgan fingerprint density at radius 1 is 1.06 bits per heavy atom. The second-order valence-corrected chi connectivity index (χ2v) is 9.08. The van der Waals surface area contributed by atoms with Crippen molar-refractivity contribution in [2.45, 2.75) is 33.5 Å². The maximum absolute atomic E-state index is 13.2. The van der Waals surface area contributed by atoms with Gasteiger partial charge < -0.3 is 4.42 Å². The van der Waals surface area contributed by atoms with Crippen LogP contribution in [-0.4, -0.2) is 34.3 Å². The molecule has 0 saturated carbocycles. The first kappa shape index (κ1) is 20.8. The van der Waals surface area contributed by atoms with Crippen LogP contribution in [0.1, 0.15) is 28.4 Å². The zero-order valence-corrected chi connectivity index (χ0v) is 19.0. The van der Waals surface area contributed by atoms with E-state index in [0.29, 0.717) is 50.7 Å². The summed E-state index contributed by atoms with van der Waals surface area (Å²) in [6.45, 7) is 6.01. The molecule has 6 aromatic heterocycles. The van der Waals surface area contributed by atoms with Gasteiger partial charge in [0.2, 0.25) is 5.82 Å². The molecular weight excluding hydrogens is 467 g/mol. The monoisotopic (exact) mass is 483 g/mol. The smallest absolute Gasteiger partial charge is 0.433 e. The third-order valence-electron chi connectivity index (χ3n) is 5.55.